The molecule has 0 radical (unpaired) electrons. The minimum absolute atomic E-state index is 0.296. The van der Waals surface area contributed by atoms with Gasteiger partial charge in [-0.05, 0) is 19.7 Å². The van der Waals surface area contributed by atoms with E-state index in [1.54, 1.807) is 6.07 Å². The summed E-state index contributed by atoms with van der Waals surface area (Å²) in [6.07, 6.45) is 0. The summed E-state index contributed by atoms with van der Waals surface area (Å²) >= 11 is 11.5. The maximum atomic E-state index is 5.78. The second-order valence-corrected chi connectivity index (χ2v) is 2.81. The van der Waals surface area contributed by atoms with Crippen LogP contribution in [-0.4, -0.2) is 11.7 Å². The molecule has 58 valence electrons. The summed E-state index contributed by atoms with van der Waals surface area (Å²) in [5.74, 6) is 0. The third kappa shape index (κ3) is 1.70. The lowest BCUT2D eigenvalue weighted by atomic mass is 10.3. The van der Waals surface area contributed by atoms with Crippen molar-refractivity contribution in [1.82, 2.24) is 4.98 Å². The van der Waals surface area contributed by atoms with E-state index in [0.717, 1.165) is 5.69 Å². The van der Waals surface area contributed by atoms with E-state index in [9.17, 15) is 0 Å². The molecule has 0 aliphatic carbocycles. The second kappa shape index (κ2) is 3.20. The first-order valence-electron chi connectivity index (χ1n) is 2.94. The van der Waals surface area contributed by atoms with Crippen molar-refractivity contribution in [3.8, 4) is 0 Å². The smallest absolute Gasteiger partial charge is 0.156 e. The fourth-order valence-electron chi connectivity index (χ4n) is 0.731. The van der Waals surface area contributed by atoms with Crippen molar-refractivity contribution in [3.05, 3.63) is 21.9 Å². The van der Waals surface area contributed by atoms with E-state index in [1.807, 2.05) is 6.92 Å². The third-order valence-corrected chi connectivity index (χ3v) is 1.74. The van der Waals surface area contributed by atoms with Crippen LogP contribution in [0.2, 0.25) is 10.2 Å². The molecule has 0 bridgehead atoms. The van der Waals surface area contributed by atoms with Crippen molar-refractivity contribution in [1.29, 1.82) is 0 Å². The molecular weight excluding hydrogens is 183 g/mol. The summed E-state index contributed by atoms with van der Waals surface area (Å²) in [7, 11) is 0. The van der Waals surface area contributed by atoms with Crippen molar-refractivity contribution < 1.29 is 0 Å². The summed E-state index contributed by atoms with van der Waals surface area (Å²) in [6.45, 7) is 5.13. The van der Waals surface area contributed by atoms with Crippen molar-refractivity contribution in [2.45, 2.75) is 6.92 Å². The lowest BCUT2D eigenvalue weighted by Gasteiger charge is -2.00. The van der Waals surface area contributed by atoms with Gasteiger partial charge in [-0.3, -0.25) is 4.99 Å². The molecule has 0 aliphatic rings. The van der Waals surface area contributed by atoms with Gasteiger partial charge in [-0.25, -0.2) is 4.98 Å². The molecule has 1 aromatic rings. The number of aromatic nitrogens is 1. The first-order chi connectivity index (χ1) is 5.15. The Hall–Kier alpha value is -0.600. The Morgan fingerprint density at radius 3 is 2.64 bits per heavy atom. The SMILES string of the molecule is C=Nc1c(Cl)cc(C)nc1Cl. The highest BCUT2D eigenvalue weighted by atomic mass is 35.5. The normalized spacial score (nSPS) is 9.73. The van der Waals surface area contributed by atoms with Gasteiger partial charge in [0.1, 0.15) is 5.69 Å². The summed E-state index contributed by atoms with van der Waals surface area (Å²) < 4.78 is 0. The minimum atomic E-state index is 0.296. The van der Waals surface area contributed by atoms with Crippen molar-refractivity contribution >= 4 is 35.6 Å². The van der Waals surface area contributed by atoms with Gasteiger partial charge < -0.3 is 0 Å². The Labute approximate surface area is 74.9 Å². The molecule has 11 heavy (non-hydrogen) atoms. The van der Waals surface area contributed by atoms with E-state index in [4.69, 9.17) is 23.2 Å². The highest BCUT2D eigenvalue weighted by molar-refractivity contribution is 6.38. The molecule has 0 amide bonds. The van der Waals surface area contributed by atoms with Gasteiger partial charge in [0.05, 0.1) is 5.02 Å². The van der Waals surface area contributed by atoms with E-state index in [1.165, 1.54) is 0 Å². The van der Waals surface area contributed by atoms with E-state index in [-0.39, 0.29) is 0 Å². The lowest BCUT2D eigenvalue weighted by Crippen LogP contribution is -1.82. The lowest BCUT2D eigenvalue weighted by molar-refractivity contribution is 1.19. The monoisotopic (exact) mass is 188 g/mol. The molecule has 4 heteroatoms. The number of halogens is 2. The van der Waals surface area contributed by atoms with Crippen LogP contribution in [0.3, 0.4) is 0 Å². The van der Waals surface area contributed by atoms with Crippen molar-refractivity contribution in [2.24, 2.45) is 4.99 Å². The first kappa shape index (κ1) is 8.50. The summed E-state index contributed by atoms with van der Waals surface area (Å²) in [4.78, 5) is 7.59. The van der Waals surface area contributed by atoms with Gasteiger partial charge in [0.15, 0.2) is 5.15 Å². The van der Waals surface area contributed by atoms with Gasteiger partial charge in [-0.15, -0.1) is 0 Å². The predicted octanol–water partition coefficient (Wildman–Crippen LogP) is 3.03. The van der Waals surface area contributed by atoms with Crippen molar-refractivity contribution in [3.63, 3.8) is 0 Å². The maximum absolute atomic E-state index is 5.78. The molecular formula is C7H6Cl2N2. The Kier molecular flexibility index (Phi) is 2.47. The van der Waals surface area contributed by atoms with Crippen LogP contribution in [0.4, 0.5) is 5.69 Å². The van der Waals surface area contributed by atoms with E-state index in [2.05, 4.69) is 16.7 Å². The maximum Gasteiger partial charge on any atom is 0.156 e. The average molecular weight is 189 g/mol. The molecule has 1 aromatic heterocycles. The largest absolute Gasteiger partial charge is 0.260 e. The third-order valence-electron chi connectivity index (χ3n) is 1.19. The molecule has 0 unspecified atom stereocenters. The van der Waals surface area contributed by atoms with Gasteiger partial charge >= 0.3 is 0 Å². The molecule has 0 spiro atoms. The van der Waals surface area contributed by atoms with Crippen LogP contribution >= 0.6 is 23.2 Å². The Morgan fingerprint density at radius 1 is 1.55 bits per heavy atom. The number of aryl methyl sites for hydroxylation is 1. The number of rotatable bonds is 1. The minimum Gasteiger partial charge on any atom is -0.260 e. The van der Waals surface area contributed by atoms with Gasteiger partial charge in [0, 0.05) is 5.69 Å². The van der Waals surface area contributed by atoms with Gasteiger partial charge in [0.25, 0.3) is 0 Å². The zero-order chi connectivity index (χ0) is 8.43. The molecule has 2 nitrogen and oxygen atoms in total. The second-order valence-electron chi connectivity index (χ2n) is 2.04. The number of hydrogen-bond donors (Lipinski definition) is 0. The number of hydrogen-bond acceptors (Lipinski definition) is 2. The summed E-state index contributed by atoms with van der Waals surface area (Å²) in [5.41, 5.74) is 1.21. The number of nitrogens with zero attached hydrogens (tertiary/aromatic N) is 2. The quantitative estimate of drug-likeness (QED) is 0.492. The van der Waals surface area contributed by atoms with Gasteiger partial charge in [-0.1, -0.05) is 23.2 Å². The fraction of sp³-hybridized carbons (Fsp3) is 0.143. The molecule has 1 rings (SSSR count). The Balaban J connectivity index is 3.36. The standard InChI is InChI=1S/C7H6Cl2N2/c1-4-3-5(8)6(10-2)7(9)11-4/h3H,2H2,1H3. The zero-order valence-electron chi connectivity index (χ0n) is 5.93. The van der Waals surface area contributed by atoms with Crippen LogP contribution in [0.15, 0.2) is 11.1 Å². The number of aliphatic imine (C=N–C) groups is 1. The molecule has 0 atom stereocenters. The summed E-state index contributed by atoms with van der Waals surface area (Å²) in [6, 6.07) is 1.69. The molecule has 1 heterocycles. The van der Waals surface area contributed by atoms with Crippen LogP contribution in [0.5, 0.6) is 0 Å². The van der Waals surface area contributed by atoms with Gasteiger partial charge in [-0.2, -0.15) is 0 Å². The highest BCUT2D eigenvalue weighted by Gasteiger charge is 2.04. The molecule has 0 aromatic carbocycles. The van der Waals surface area contributed by atoms with E-state index < -0.39 is 0 Å². The summed E-state index contributed by atoms with van der Waals surface area (Å²) in [5, 5.41) is 0.780. The highest BCUT2D eigenvalue weighted by Crippen LogP contribution is 2.31. The van der Waals surface area contributed by atoms with Crippen LogP contribution in [0.1, 0.15) is 5.69 Å². The first-order valence-corrected chi connectivity index (χ1v) is 3.70. The van der Waals surface area contributed by atoms with Gasteiger partial charge in [0.2, 0.25) is 0 Å². The molecule has 0 aliphatic heterocycles. The molecule has 0 saturated heterocycles. The van der Waals surface area contributed by atoms with E-state index in [0.29, 0.717) is 15.9 Å². The Bertz CT molecular complexity index is 273. The molecule has 0 saturated carbocycles. The van der Waals surface area contributed by atoms with E-state index >= 15 is 0 Å². The zero-order valence-corrected chi connectivity index (χ0v) is 7.45. The van der Waals surface area contributed by atoms with Crippen molar-refractivity contribution in [2.75, 3.05) is 0 Å². The Morgan fingerprint density at radius 2 is 2.18 bits per heavy atom. The van der Waals surface area contributed by atoms with Crippen LogP contribution in [-0.2, 0) is 0 Å². The van der Waals surface area contributed by atoms with Crippen LogP contribution < -0.4 is 0 Å². The topological polar surface area (TPSA) is 25.2 Å². The fourth-order valence-corrected chi connectivity index (χ4v) is 1.38. The van der Waals surface area contributed by atoms with Crippen LogP contribution in [0, 0.1) is 6.92 Å². The molecule has 0 fully saturated rings. The van der Waals surface area contributed by atoms with Crippen LogP contribution in [0.25, 0.3) is 0 Å². The molecule has 0 N–H and O–H groups in total. The number of pyridine rings is 1. The predicted molar refractivity (Wildman–Crippen MR) is 48.2 cm³/mol. The average Bonchev–Trinajstić information content (AvgIpc) is 1.85.